The van der Waals surface area contributed by atoms with Gasteiger partial charge in [0.25, 0.3) is 11.8 Å². The predicted octanol–water partition coefficient (Wildman–Crippen LogP) is 3.37. The van der Waals surface area contributed by atoms with E-state index >= 15 is 0 Å². The van der Waals surface area contributed by atoms with E-state index in [1.807, 2.05) is 37.3 Å². The second kappa shape index (κ2) is 6.99. The lowest BCUT2D eigenvalue weighted by Crippen LogP contribution is -2.34. The van der Waals surface area contributed by atoms with Gasteiger partial charge in [-0.05, 0) is 36.8 Å². The number of benzene rings is 2. The van der Waals surface area contributed by atoms with E-state index in [4.69, 9.17) is 16.3 Å². The van der Waals surface area contributed by atoms with Gasteiger partial charge in [-0.25, -0.2) is 4.90 Å². The molecule has 2 aromatic carbocycles. The monoisotopic (exact) mass is 356 g/mol. The zero-order valence-corrected chi connectivity index (χ0v) is 14.6. The standard InChI is InChI=1S/C19H17ClN2O3/c1-12(13-6-4-3-5-7-13)21-17-16(20)18(23)22(19(17)24)14-8-10-15(25-2)11-9-14/h3-12,21H,1-2H3/t12-/m0/s1. The molecule has 0 aliphatic carbocycles. The number of amides is 2. The van der Waals surface area contributed by atoms with Crippen molar-refractivity contribution < 1.29 is 14.3 Å². The second-order valence-corrected chi connectivity index (χ2v) is 5.99. The van der Waals surface area contributed by atoms with E-state index in [2.05, 4.69) is 5.32 Å². The maximum Gasteiger partial charge on any atom is 0.283 e. The summed E-state index contributed by atoms with van der Waals surface area (Å²) in [5.41, 5.74) is 1.54. The maximum absolute atomic E-state index is 12.7. The Morgan fingerprint density at radius 3 is 2.24 bits per heavy atom. The van der Waals surface area contributed by atoms with E-state index in [1.54, 1.807) is 31.4 Å². The molecule has 1 N–H and O–H groups in total. The molecule has 1 aliphatic rings. The highest BCUT2D eigenvalue weighted by atomic mass is 35.5. The number of ether oxygens (including phenoxy) is 1. The van der Waals surface area contributed by atoms with Crippen molar-refractivity contribution in [2.75, 3.05) is 12.0 Å². The minimum atomic E-state index is -0.542. The van der Waals surface area contributed by atoms with Gasteiger partial charge in [-0.1, -0.05) is 41.9 Å². The summed E-state index contributed by atoms with van der Waals surface area (Å²) < 4.78 is 5.09. The van der Waals surface area contributed by atoms with Gasteiger partial charge in [0.15, 0.2) is 0 Å². The molecule has 1 atom stereocenters. The van der Waals surface area contributed by atoms with Crippen LogP contribution in [0.5, 0.6) is 5.75 Å². The summed E-state index contributed by atoms with van der Waals surface area (Å²) in [6.45, 7) is 1.90. The van der Waals surface area contributed by atoms with Crippen molar-refractivity contribution in [2.45, 2.75) is 13.0 Å². The van der Waals surface area contributed by atoms with Crippen molar-refractivity contribution in [1.29, 1.82) is 0 Å². The van der Waals surface area contributed by atoms with Crippen LogP contribution in [0.15, 0.2) is 65.3 Å². The number of nitrogens with zero attached hydrogens (tertiary/aromatic N) is 1. The summed E-state index contributed by atoms with van der Waals surface area (Å²) in [7, 11) is 1.55. The number of hydrogen-bond donors (Lipinski definition) is 1. The molecular weight excluding hydrogens is 340 g/mol. The van der Waals surface area contributed by atoms with Crippen molar-refractivity contribution >= 4 is 29.1 Å². The van der Waals surface area contributed by atoms with Crippen LogP contribution in [-0.2, 0) is 9.59 Å². The summed E-state index contributed by atoms with van der Waals surface area (Å²) in [4.78, 5) is 26.2. The van der Waals surface area contributed by atoms with Gasteiger partial charge in [-0.2, -0.15) is 0 Å². The lowest BCUT2D eigenvalue weighted by molar-refractivity contribution is -0.120. The number of halogens is 1. The molecule has 25 heavy (non-hydrogen) atoms. The van der Waals surface area contributed by atoms with Crippen LogP contribution >= 0.6 is 11.6 Å². The number of nitrogens with one attached hydrogen (secondary N) is 1. The van der Waals surface area contributed by atoms with Crippen LogP contribution in [0, 0.1) is 0 Å². The third kappa shape index (κ3) is 3.23. The number of carbonyl (C=O) groups excluding carboxylic acids is 2. The zero-order chi connectivity index (χ0) is 18.0. The second-order valence-electron chi connectivity index (χ2n) is 5.61. The first-order valence-electron chi connectivity index (χ1n) is 7.77. The molecule has 2 aromatic rings. The number of hydrogen-bond acceptors (Lipinski definition) is 4. The molecule has 128 valence electrons. The highest BCUT2D eigenvalue weighted by Gasteiger charge is 2.39. The van der Waals surface area contributed by atoms with E-state index in [9.17, 15) is 9.59 Å². The molecule has 0 radical (unpaired) electrons. The largest absolute Gasteiger partial charge is 0.497 e. The Bertz CT molecular complexity index is 832. The molecule has 1 aliphatic heterocycles. The van der Waals surface area contributed by atoms with Crippen molar-refractivity contribution in [3.05, 3.63) is 70.9 Å². The van der Waals surface area contributed by atoms with Gasteiger partial charge in [0, 0.05) is 6.04 Å². The lowest BCUT2D eigenvalue weighted by Gasteiger charge is -2.18. The minimum Gasteiger partial charge on any atom is -0.497 e. The third-order valence-electron chi connectivity index (χ3n) is 4.02. The molecule has 1 heterocycles. The summed E-state index contributed by atoms with van der Waals surface area (Å²) in [6, 6.07) is 16.1. The average molecular weight is 357 g/mol. The molecule has 6 heteroatoms. The topological polar surface area (TPSA) is 58.6 Å². The zero-order valence-electron chi connectivity index (χ0n) is 13.8. The Balaban J connectivity index is 1.83. The van der Waals surface area contributed by atoms with Gasteiger partial charge in [0.2, 0.25) is 0 Å². The molecule has 5 nitrogen and oxygen atoms in total. The van der Waals surface area contributed by atoms with Crippen molar-refractivity contribution in [3.8, 4) is 5.75 Å². The van der Waals surface area contributed by atoms with Gasteiger partial charge in [0.05, 0.1) is 12.8 Å². The molecule has 0 saturated carbocycles. The van der Waals surface area contributed by atoms with Gasteiger partial charge < -0.3 is 10.1 Å². The Labute approximate surface area is 150 Å². The first-order valence-corrected chi connectivity index (χ1v) is 8.15. The number of methoxy groups -OCH3 is 1. The fourth-order valence-electron chi connectivity index (χ4n) is 2.64. The third-order valence-corrected chi connectivity index (χ3v) is 4.37. The van der Waals surface area contributed by atoms with Gasteiger partial charge in [-0.15, -0.1) is 0 Å². The first-order chi connectivity index (χ1) is 12.0. The number of carbonyl (C=O) groups is 2. The first kappa shape index (κ1) is 17.0. The highest BCUT2D eigenvalue weighted by molar-refractivity contribution is 6.52. The Hall–Kier alpha value is -2.79. The highest BCUT2D eigenvalue weighted by Crippen LogP contribution is 2.30. The Kier molecular flexibility index (Phi) is 4.76. The molecule has 0 fully saturated rings. The molecule has 0 spiro atoms. The van der Waals surface area contributed by atoms with Gasteiger partial charge in [0.1, 0.15) is 16.5 Å². The molecule has 3 rings (SSSR count). The normalized spacial score (nSPS) is 15.6. The summed E-state index contributed by atoms with van der Waals surface area (Å²) in [5, 5.41) is 2.95. The van der Waals surface area contributed by atoms with Crippen LogP contribution in [0.3, 0.4) is 0 Å². The predicted molar refractivity (Wildman–Crippen MR) is 96.4 cm³/mol. The molecular formula is C19H17ClN2O3. The fourth-order valence-corrected chi connectivity index (χ4v) is 2.86. The number of rotatable bonds is 5. The quantitative estimate of drug-likeness (QED) is 0.834. The van der Waals surface area contributed by atoms with Crippen molar-refractivity contribution in [3.63, 3.8) is 0 Å². The summed E-state index contributed by atoms with van der Waals surface area (Å²) >= 11 is 6.14. The van der Waals surface area contributed by atoms with Crippen LogP contribution in [0.25, 0.3) is 0 Å². The van der Waals surface area contributed by atoms with E-state index < -0.39 is 11.8 Å². The van der Waals surface area contributed by atoms with Crippen molar-refractivity contribution in [2.24, 2.45) is 0 Å². The van der Waals surface area contributed by atoms with E-state index in [-0.39, 0.29) is 16.8 Å². The maximum atomic E-state index is 12.7. The van der Waals surface area contributed by atoms with Crippen LogP contribution < -0.4 is 15.0 Å². The number of imide groups is 1. The Morgan fingerprint density at radius 2 is 1.64 bits per heavy atom. The SMILES string of the molecule is COc1ccc(N2C(=O)C(Cl)=C(N[C@@H](C)c3ccccc3)C2=O)cc1. The minimum absolute atomic E-state index is 0.108. The van der Waals surface area contributed by atoms with E-state index in [0.29, 0.717) is 11.4 Å². The smallest absolute Gasteiger partial charge is 0.283 e. The molecule has 0 bridgehead atoms. The Morgan fingerprint density at radius 1 is 1.00 bits per heavy atom. The van der Waals surface area contributed by atoms with Crippen LogP contribution in [-0.4, -0.2) is 18.9 Å². The lowest BCUT2D eigenvalue weighted by atomic mass is 10.1. The van der Waals surface area contributed by atoms with Crippen LogP contribution in [0.2, 0.25) is 0 Å². The van der Waals surface area contributed by atoms with Crippen molar-refractivity contribution in [1.82, 2.24) is 5.32 Å². The number of anilines is 1. The fraction of sp³-hybridized carbons (Fsp3) is 0.158. The van der Waals surface area contributed by atoms with Crippen LogP contribution in [0.4, 0.5) is 5.69 Å². The average Bonchev–Trinajstić information content (AvgIpc) is 2.86. The summed E-state index contributed by atoms with van der Waals surface area (Å²) in [5.74, 6) is -0.375. The van der Waals surface area contributed by atoms with E-state index in [0.717, 1.165) is 10.5 Å². The molecule has 2 amide bonds. The van der Waals surface area contributed by atoms with Crippen LogP contribution in [0.1, 0.15) is 18.5 Å². The summed E-state index contributed by atoms with van der Waals surface area (Å²) in [6.07, 6.45) is 0. The molecule has 0 saturated heterocycles. The van der Waals surface area contributed by atoms with E-state index in [1.165, 1.54) is 0 Å². The molecule has 0 aromatic heterocycles. The van der Waals surface area contributed by atoms with Gasteiger partial charge >= 0.3 is 0 Å². The molecule has 0 unspecified atom stereocenters. The van der Waals surface area contributed by atoms with Gasteiger partial charge in [-0.3, -0.25) is 9.59 Å².